The lowest BCUT2D eigenvalue weighted by atomic mass is 10.2. The van der Waals surface area contributed by atoms with Gasteiger partial charge in [-0.3, -0.25) is 19.6 Å². The zero-order chi connectivity index (χ0) is 34.1. The Kier molecular flexibility index (Phi) is 13.3. The molecule has 48 heavy (non-hydrogen) atoms. The molecule has 4 aromatic rings. The summed E-state index contributed by atoms with van der Waals surface area (Å²) >= 11 is 11.8. The van der Waals surface area contributed by atoms with Crippen LogP contribution in [0, 0.1) is 17.9 Å². The normalized spacial score (nSPS) is 11.7. The summed E-state index contributed by atoms with van der Waals surface area (Å²) in [5.74, 6) is 2.25. The molecule has 5 rings (SSSR count). The second-order valence-corrected chi connectivity index (χ2v) is 10.4. The van der Waals surface area contributed by atoms with Crippen molar-refractivity contribution in [3.05, 3.63) is 130 Å². The van der Waals surface area contributed by atoms with Gasteiger partial charge in [-0.05, 0) is 42.0 Å². The standard InChI is InChI=1S/C28H22ClN3O6.C7H5ClN2/c29-24-9-22(16-34)26(37-18-21-8-20(12-30)13-31-14-21)11-27(24)38-17-19(15-33)2-1-5-32-23-3-4-25-28(10-23)36-7-6-35-25;1-9-7-2-6(3-8)4-10-5-7/h1-5,8-11,13-16,32H,6-7,17-18H2;2,4-5H,3H2/b5-1-,19-2+;. The highest BCUT2D eigenvalue weighted by Crippen LogP contribution is 2.34. The zero-order valence-electron chi connectivity index (χ0n) is 25.3. The van der Waals surface area contributed by atoms with Crippen LogP contribution in [0.25, 0.3) is 4.85 Å². The van der Waals surface area contributed by atoms with Crippen LogP contribution < -0.4 is 24.3 Å². The van der Waals surface area contributed by atoms with Gasteiger partial charge in [-0.1, -0.05) is 17.7 Å². The summed E-state index contributed by atoms with van der Waals surface area (Å²) in [5.41, 5.74) is 3.85. The van der Waals surface area contributed by atoms with Crippen LogP contribution in [0.15, 0.2) is 91.2 Å². The predicted molar refractivity (Wildman–Crippen MR) is 180 cm³/mol. The molecule has 0 saturated heterocycles. The molecule has 13 heteroatoms. The molecule has 0 aliphatic carbocycles. The summed E-state index contributed by atoms with van der Waals surface area (Å²) < 4.78 is 22.6. The van der Waals surface area contributed by atoms with E-state index >= 15 is 0 Å². The van der Waals surface area contributed by atoms with E-state index in [9.17, 15) is 9.59 Å². The van der Waals surface area contributed by atoms with Gasteiger partial charge in [0.1, 0.15) is 50.3 Å². The van der Waals surface area contributed by atoms with E-state index in [0.717, 1.165) is 11.3 Å². The third kappa shape index (κ3) is 10.3. The van der Waals surface area contributed by atoms with Gasteiger partial charge in [0.15, 0.2) is 17.8 Å². The van der Waals surface area contributed by atoms with Gasteiger partial charge >= 0.3 is 0 Å². The number of benzene rings is 2. The number of anilines is 1. The maximum Gasteiger partial charge on any atom is 0.205 e. The summed E-state index contributed by atoms with van der Waals surface area (Å²) in [4.78, 5) is 34.1. The number of aromatic nitrogens is 2. The van der Waals surface area contributed by atoms with Crippen molar-refractivity contribution in [1.82, 2.24) is 9.97 Å². The fraction of sp³-hybridized carbons (Fsp3) is 0.143. The number of aldehydes is 2. The number of ether oxygens (including phenoxy) is 4. The average molecular weight is 685 g/mol. The summed E-state index contributed by atoms with van der Waals surface area (Å²) in [7, 11) is 0. The SMILES string of the molecule is N#Cc1cncc(COc2cc(OC/C(C=O)=C/C=C\Nc3ccc4c(c3)OCCO4)c(Cl)cc2C=O)c1.[C-]#[N+]c1cncc(CCl)c1. The van der Waals surface area contributed by atoms with Crippen molar-refractivity contribution >= 4 is 47.1 Å². The van der Waals surface area contributed by atoms with Gasteiger partial charge in [-0.15, -0.1) is 11.6 Å². The van der Waals surface area contributed by atoms with E-state index in [0.29, 0.717) is 65.6 Å². The Hall–Kier alpha value is -5.88. The van der Waals surface area contributed by atoms with Crippen LogP contribution in [0.1, 0.15) is 27.0 Å². The number of halogens is 2. The molecule has 2 aromatic carbocycles. The highest BCUT2D eigenvalue weighted by atomic mass is 35.5. The number of pyridine rings is 2. The van der Waals surface area contributed by atoms with Crippen molar-refractivity contribution in [3.8, 4) is 29.1 Å². The quantitative estimate of drug-likeness (QED) is 0.0533. The third-order valence-corrected chi connectivity index (χ3v) is 6.92. The molecule has 1 N–H and O–H groups in total. The molecule has 11 nitrogen and oxygen atoms in total. The van der Waals surface area contributed by atoms with Gasteiger partial charge in [0.25, 0.3) is 0 Å². The van der Waals surface area contributed by atoms with Crippen molar-refractivity contribution in [2.24, 2.45) is 0 Å². The summed E-state index contributed by atoms with van der Waals surface area (Å²) in [6, 6.07) is 13.8. The number of fused-ring (bicyclic) bond motifs is 1. The molecule has 0 unspecified atom stereocenters. The van der Waals surface area contributed by atoms with Gasteiger partial charge in [0.05, 0.1) is 22.7 Å². The van der Waals surface area contributed by atoms with E-state index in [2.05, 4.69) is 20.1 Å². The number of alkyl halides is 1. The fourth-order valence-corrected chi connectivity index (χ4v) is 4.38. The number of hydrogen-bond donors (Lipinski definition) is 1. The molecule has 0 atom stereocenters. The maximum atomic E-state index is 11.5. The molecule has 1 aliphatic rings. The van der Waals surface area contributed by atoms with Gasteiger partial charge < -0.3 is 24.3 Å². The minimum Gasteiger partial charge on any atom is -0.488 e. The summed E-state index contributed by atoms with van der Waals surface area (Å²) in [5, 5.41) is 12.3. The van der Waals surface area contributed by atoms with Gasteiger partial charge in [-0.2, -0.15) is 5.26 Å². The molecule has 0 radical (unpaired) electrons. The molecule has 242 valence electrons. The number of allylic oxidation sites excluding steroid dienone is 2. The van der Waals surface area contributed by atoms with Crippen LogP contribution in [-0.2, 0) is 17.3 Å². The third-order valence-electron chi connectivity index (χ3n) is 6.32. The minimum absolute atomic E-state index is 0.0639. The first-order chi connectivity index (χ1) is 23.5. The Morgan fingerprint density at radius 1 is 1.00 bits per heavy atom. The highest BCUT2D eigenvalue weighted by Gasteiger charge is 2.13. The lowest BCUT2D eigenvalue weighted by Gasteiger charge is -2.18. The average Bonchev–Trinajstić information content (AvgIpc) is 3.14. The van der Waals surface area contributed by atoms with Gasteiger partial charge in [-0.25, -0.2) is 4.85 Å². The second kappa shape index (κ2) is 18.3. The molecule has 0 saturated carbocycles. The van der Waals surface area contributed by atoms with Crippen LogP contribution in [0.2, 0.25) is 5.02 Å². The number of nitrogens with one attached hydrogen (secondary N) is 1. The predicted octanol–water partition coefficient (Wildman–Crippen LogP) is 7.27. The van der Waals surface area contributed by atoms with Crippen LogP contribution in [0.3, 0.4) is 0 Å². The Morgan fingerprint density at radius 3 is 2.54 bits per heavy atom. The molecular weight excluding hydrogens is 657 g/mol. The number of nitriles is 1. The number of carbonyl (C=O) groups excluding carboxylic acids is 2. The Labute approximate surface area is 286 Å². The van der Waals surface area contributed by atoms with Crippen molar-refractivity contribution in [2.45, 2.75) is 12.5 Å². The van der Waals surface area contributed by atoms with Crippen LogP contribution in [0.4, 0.5) is 11.4 Å². The largest absolute Gasteiger partial charge is 0.488 e. The van der Waals surface area contributed by atoms with E-state index in [4.69, 9.17) is 54.0 Å². The van der Waals surface area contributed by atoms with Crippen molar-refractivity contribution < 1.29 is 28.5 Å². The van der Waals surface area contributed by atoms with E-state index in [1.807, 2.05) is 24.3 Å². The summed E-state index contributed by atoms with van der Waals surface area (Å²) in [6.07, 6.45) is 12.4. The van der Waals surface area contributed by atoms with E-state index in [1.54, 1.807) is 42.9 Å². The Bertz CT molecular complexity index is 1900. The molecule has 0 spiro atoms. The number of hydrogen-bond acceptors (Lipinski definition) is 10. The topological polar surface area (TPSA) is 137 Å². The van der Waals surface area contributed by atoms with Gasteiger partial charge in [0, 0.05) is 65.8 Å². The molecular formula is C35H27Cl2N5O6. The first kappa shape index (κ1) is 35.0. The van der Waals surface area contributed by atoms with E-state index in [-0.39, 0.29) is 35.3 Å². The fourth-order valence-electron chi connectivity index (χ4n) is 4.01. The summed E-state index contributed by atoms with van der Waals surface area (Å²) in [6.45, 7) is 7.69. The van der Waals surface area contributed by atoms with Crippen LogP contribution in [0.5, 0.6) is 23.0 Å². The molecule has 1 aliphatic heterocycles. The molecule has 2 aromatic heterocycles. The molecule has 0 fully saturated rings. The van der Waals surface area contributed by atoms with E-state index < -0.39 is 0 Å². The smallest absolute Gasteiger partial charge is 0.205 e. The van der Waals surface area contributed by atoms with Crippen molar-refractivity contribution in [2.75, 3.05) is 25.1 Å². The minimum atomic E-state index is -0.0639. The van der Waals surface area contributed by atoms with Gasteiger partial charge in [0.2, 0.25) is 5.69 Å². The van der Waals surface area contributed by atoms with Crippen molar-refractivity contribution in [3.63, 3.8) is 0 Å². The van der Waals surface area contributed by atoms with Crippen LogP contribution in [-0.4, -0.2) is 42.4 Å². The zero-order valence-corrected chi connectivity index (χ0v) is 26.8. The molecule has 0 bridgehead atoms. The van der Waals surface area contributed by atoms with E-state index in [1.165, 1.54) is 24.5 Å². The molecule has 0 amide bonds. The number of rotatable bonds is 12. The van der Waals surface area contributed by atoms with Crippen LogP contribution >= 0.6 is 23.2 Å². The number of nitrogens with zero attached hydrogens (tertiary/aromatic N) is 4. The maximum absolute atomic E-state index is 11.5. The number of carbonyl (C=O) groups is 2. The monoisotopic (exact) mass is 683 g/mol. The first-order valence-electron chi connectivity index (χ1n) is 14.2. The molecule has 3 heterocycles. The lowest BCUT2D eigenvalue weighted by molar-refractivity contribution is -0.105. The Balaban J connectivity index is 0.000000445. The second-order valence-electron chi connectivity index (χ2n) is 9.73. The lowest BCUT2D eigenvalue weighted by Crippen LogP contribution is -2.15. The first-order valence-corrected chi connectivity index (χ1v) is 15.1. The Morgan fingerprint density at radius 2 is 1.79 bits per heavy atom. The highest BCUT2D eigenvalue weighted by molar-refractivity contribution is 6.32. The van der Waals surface area contributed by atoms with Crippen molar-refractivity contribution in [1.29, 1.82) is 5.26 Å².